The summed E-state index contributed by atoms with van der Waals surface area (Å²) in [5, 5.41) is 16.8. The van der Waals surface area contributed by atoms with Crippen LogP contribution in [0.2, 0.25) is 0 Å². The summed E-state index contributed by atoms with van der Waals surface area (Å²) < 4.78 is 11.6. The molecule has 0 bridgehead atoms. The molecule has 2 aliphatic rings. The maximum absolute atomic E-state index is 12.5. The molecule has 1 amide bonds. The highest BCUT2D eigenvalue weighted by Gasteiger charge is 2.51. The minimum atomic E-state index is -0.891. The zero-order chi connectivity index (χ0) is 23.0. The Bertz CT molecular complexity index is 1040. The van der Waals surface area contributed by atoms with E-state index in [1.807, 2.05) is 19.1 Å². The molecule has 32 heavy (non-hydrogen) atoms. The topological polar surface area (TPSA) is 121 Å². The van der Waals surface area contributed by atoms with E-state index in [4.69, 9.17) is 9.15 Å². The zero-order valence-electron chi connectivity index (χ0n) is 18.3. The molecule has 170 valence electrons. The number of rotatable bonds is 7. The number of hydrogen-bond donors (Lipinski definition) is 3. The van der Waals surface area contributed by atoms with E-state index in [9.17, 15) is 19.5 Å². The fraction of sp³-hybridized carbons (Fsp3) is 0.435. The van der Waals surface area contributed by atoms with Crippen molar-refractivity contribution in [2.24, 2.45) is 0 Å². The van der Waals surface area contributed by atoms with E-state index in [-0.39, 0.29) is 29.0 Å². The van der Waals surface area contributed by atoms with Crippen LogP contribution in [0, 0.1) is 6.92 Å². The summed E-state index contributed by atoms with van der Waals surface area (Å²) in [7, 11) is 3.16. The van der Waals surface area contributed by atoms with Crippen molar-refractivity contribution in [1.29, 1.82) is 0 Å². The number of anilines is 1. The molecule has 2 heterocycles. The summed E-state index contributed by atoms with van der Waals surface area (Å²) in [6.07, 6.45) is 1.53. The van der Waals surface area contributed by atoms with Gasteiger partial charge >= 0.3 is 0 Å². The molecule has 9 nitrogen and oxygen atoms in total. The number of benzene rings is 1. The van der Waals surface area contributed by atoms with Crippen molar-refractivity contribution in [2.75, 3.05) is 26.0 Å². The van der Waals surface area contributed by atoms with Crippen LogP contribution in [0.5, 0.6) is 5.75 Å². The maximum Gasteiger partial charge on any atom is 0.257 e. The zero-order valence-corrected chi connectivity index (χ0v) is 18.3. The minimum absolute atomic E-state index is 0.103. The number of aryl methyl sites for hydroxylation is 1. The van der Waals surface area contributed by atoms with Crippen LogP contribution >= 0.6 is 0 Å². The average Bonchev–Trinajstić information content (AvgIpc) is 3.45. The van der Waals surface area contributed by atoms with Crippen LogP contribution in [-0.2, 0) is 14.3 Å². The van der Waals surface area contributed by atoms with Gasteiger partial charge in [0, 0.05) is 20.7 Å². The standard InChI is InChI=1S/C23H27N3O6/c1-12-9-10-16(32-12)17(15-8-5-11-31-15)25-19-18(21(28)22(19)29)24-14-7-4-6-13(20(14)27)23(30)26(2)3/h4,6-7,9-10,15,17-19,24-25,27H,5,8,11H2,1-3H3/t15-,17?,18?,19?/m0/s1. The van der Waals surface area contributed by atoms with Crippen molar-refractivity contribution in [3.63, 3.8) is 0 Å². The summed E-state index contributed by atoms with van der Waals surface area (Å²) in [5.74, 6) is -0.399. The number of ether oxygens (including phenoxy) is 1. The monoisotopic (exact) mass is 441 g/mol. The molecule has 1 saturated carbocycles. The number of para-hydroxylation sites is 1. The first kappa shape index (κ1) is 22.0. The lowest BCUT2D eigenvalue weighted by Gasteiger charge is -2.38. The van der Waals surface area contributed by atoms with Gasteiger partial charge in [0.15, 0.2) is 5.75 Å². The molecule has 9 heteroatoms. The first-order valence-corrected chi connectivity index (χ1v) is 10.6. The quantitative estimate of drug-likeness (QED) is 0.439. The molecule has 4 atom stereocenters. The third kappa shape index (κ3) is 4.01. The normalized spacial score (nSPS) is 23.7. The fourth-order valence-electron chi connectivity index (χ4n) is 4.13. The minimum Gasteiger partial charge on any atom is -0.505 e. The van der Waals surface area contributed by atoms with E-state index in [2.05, 4.69) is 10.6 Å². The number of phenolic OH excluding ortho intramolecular Hbond substituents is 1. The van der Waals surface area contributed by atoms with E-state index in [0.717, 1.165) is 18.6 Å². The largest absolute Gasteiger partial charge is 0.505 e. The Kier molecular flexibility index (Phi) is 6.03. The van der Waals surface area contributed by atoms with Crippen LogP contribution in [0.3, 0.4) is 0 Å². The van der Waals surface area contributed by atoms with Gasteiger partial charge in [-0.3, -0.25) is 19.7 Å². The summed E-state index contributed by atoms with van der Waals surface area (Å²) >= 11 is 0. The van der Waals surface area contributed by atoms with Crippen LogP contribution < -0.4 is 10.6 Å². The van der Waals surface area contributed by atoms with Gasteiger partial charge in [0.05, 0.1) is 23.4 Å². The summed E-state index contributed by atoms with van der Waals surface area (Å²) in [4.78, 5) is 38.5. The van der Waals surface area contributed by atoms with Gasteiger partial charge in [-0.1, -0.05) is 6.07 Å². The van der Waals surface area contributed by atoms with Crippen LogP contribution in [0.15, 0.2) is 34.7 Å². The smallest absolute Gasteiger partial charge is 0.257 e. The lowest BCUT2D eigenvalue weighted by molar-refractivity contribution is -0.146. The third-order valence-corrected chi connectivity index (χ3v) is 5.89. The second kappa shape index (κ2) is 8.76. The lowest BCUT2D eigenvalue weighted by atomic mass is 9.81. The number of nitrogens with one attached hydrogen (secondary N) is 2. The second-order valence-corrected chi connectivity index (χ2v) is 8.37. The predicted octanol–water partition coefficient (Wildman–Crippen LogP) is 1.81. The van der Waals surface area contributed by atoms with Crippen LogP contribution in [-0.4, -0.2) is 66.4 Å². The molecule has 0 spiro atoms. The van der Waals surface area contributed by atoms with E-state index >= 15 is 0 Å². The van der Waals surface area contributed by atoms with Gasteiger partial charge in [-0.05, 0) is 44.0 Å². The molecule has 1 aromatic heterocycles. The van der Waals surface area contributed by atoms with Crippen LogP contribution in [0.4, 0.5) is 5.69 Å². The van der Waals surface area contributed by atoms with Crippen molar-refractivity contribution in [1.82, 2.24) is 10.2 Å². The Balaban J connectivity index is 1.56. The molecular weight excluding hydrogens is 414 g/mol. The number of amides is 1. The molecule has 3 unspecified atom stereocenters. The first-order valence-electron chi connectivity index (χ1n) is 10.6. The number of Topliss-reactive ketones (excluding diaryl/α,β-unsaturated/α-hetero) is 2. The highest BCUT2D eigenvalue weighted by molar-refractivity contribution is 6.49. The van der Waals surface area contributed by atoms with Crippen molar-refractivity contribution >= 4 is 23.2 Å². The van der Waals surface area contributed by atoms with Gasteiger partial charge in [0.2, 0.25) is 11.6 Å². The first-order chi connectivity index (χ1) is 15.3. The Morgan fingerprint density at radius 3 is 2.53 bits per heavy atom. The summed E-state index contributed by atoms with van der Waals surface area (Å²) in [6.45, 7) is 2.46. The van der Waals surface area contributed by atoms with E-state index in [0.29, 0.717) is 12.4 Å². The van der Waals surface area contributed by atoms with Crippen molar-refractivity contribution in [2.45, 2.75) is 44.0 Å². The molecule has 0 radical (unpaired) electrons. The highest BCUT2D eigenvalue weighted by atomic mass is 16.5. The van der Waals surface area contributed by atoms with Gasteiger partial charge in [0.25, 0.3) is 5.91 Å². The second-order valence-electron chi connectivity index (χ2n) is 8.37. The Hall–Kier alpha value is -3.17. The molecule has 4 rings (SSSR count). The highest BCUT2D eigenvalue weighted by Crippen LogP contribution is 2.33. The summed E-state index contributed by atoms with van der Waals surface area (Å²) in [6, 6.07) is 6.23. The molecule has 2 fully saturated rings. The summed E-state index contributed by atoms with van der Waals surface area (Å²) in [5.41, 5.74) is 0.309. The molecule has 1 saturated heterocycles. The molecular formula is C23H27N3O6. The lowest BCUT2D eigenvalue weighted by Crippen LogP contribution is -2.68. The molecule has 3 N–H and O–H groups in total. The molecule has 1 aromatic carbocycles. The van der Waals surface area contributed by atoms with Crippen LogP contribution in [0.25, 0.3) is 0 Å². The number of furan rings is 1. The van der Waals surface area contributed by atoms with Gasteiger partial charge in [-0.15, -0.1) is 0 Å². The molecule has 1 aliphatic carbocycles. The average molecular weight is 441 g/mol. The predicted molar refractivity (Wildman–Crippen MR) is 116 cm³/mol. The SMILES string of the molecule is Cc1ccc(C(NC2C(=O)C(=O)C2Nc2cccc(C(=O)N(C)C)c2O)[C@@H]2CCCO2)o1. The Morgan fingerprint density at radius 1 is 1.16 bits per heavy atom. The van der Waals surface area contributed by atoms with E-state index in [1.165, 1.54) is 11.0 Å². The van der Waals surface area contributed by atoms with Gasteiger partial charge in [0.1, 0.15) is 23.6 Å². The third-order valence-electron chi connectivity index (χ3n) is 5.89. The number of carbonyl (C=O) groups excluding carboxylic acids is 3. The number of ketones is 2. The van der Waals surface area contributed by atoms with Crippen molar-refractivity contribution < 1.29 is 28.6 Å². The van der Waals surface area contributed by atoms with Crippen molar-refractivity contribution in [3.8, 4) is 5.75 Å². The Morgan fingerprint density at radius 2 is 1.91 bits per heavy atom. The number of aromatic hydroxyl groups is 1. The maximum atomic E-state index is 12.5. The van der Waals surface area contributed by atoms with Gasteiger partial charge < -0.3 is 24.5 Å². The van der Waals surface area contributed by atoms with E-state index in [1.54, 1.807) is 26.2 Å². The molecule has 2 aromatic rings. The van der Waals surface area contributed by atoms with Gasteiger partial charge in [-0.2, -0.15) is 0 Å². The number of hydrogen-bond acceptors (Lipinski definition) is 8. The molecule has 1 aliphatic heterocycles. The van der Waals surface area contributed by atoms with Crippen molar-refractivity contribution in [3.05, 3.63) is 47.4 Å². The van der Waals surface area contributed by atoms with Crippen LogP contribution in [0.1, 0.15) is 40.8 Å². The Labute approximate surface area is 185 Å². The fourth-order valence-corrected chi connectivity index (χ4v) is 4.13. The number of carbonyl (C=O) groups is 3. The van der Waals surface area contributed by atoms with Gasteiger partial charge in [-0.25, -0.2) is 0 Å². The number of nitrogens with zero attached hydrogens (tertiary/aromatic N) is 1. The van der Waals surface area contributed by atoms with E-state index < -0.39 is 29.7 Å². The number of phenols is 1.